The lowest BCUT2D eigenvalue weighted by atomic mass is 9.70. The van der Waals surface area contributed by atoms with E-state index >= 15 is 0 Å². The van der Waals surface area contributed by atoms with E-state index in [-0.39, 0.29) is 5.92 Å². The van der Waals surface area contributed by atoms with Gasteiger partial charge in [0, 0.05) is 39.2 Å². The van der Waals surface area contributed by atoms with Gasteiger partial charge in [-0.15, -0.1) is 0 Å². The van der Waals surface area contributed by atoms with Crippen molar-refractivity contribution in [1.82, 2.24) is 0 Å². The maximum absolute atomic E-state index is 7.25. The highest BCUT2D eigenvalue weighted by Crippen LogP contribution is 2.66. The molecule has 10 aromatic carbocycles. The van der Waals surface area contributed by atoms with Crippen LogP contribution in [0.15, 0.2) is 252 Å². The monoisotopic (exact) mass is 941 g/mol. The number of fused-ring (bicyclic) bond motifs is 25. The zero-order chi connectivity index (χ0) is 48.3. The smallest absolute Gasteiger partial charge is 0.142 e. The van der Waals surface area contributed by atoms with E-state index in [1.165, 1.54) is 128 Å². The van der Waals surface area contributed by atoms with Gasteiger partial charge in [-0.25, -0.2) is 0 Å². The van der Waals surface area contributed by atoms with Crippen molar-refractivity contribution in [2.45, 2.75) is 36.0 Å². The van der Waals surface area contributed by atoms with Gasteiger partial charge in [0.1, 0.15) is 11.3 Å². The van der Waals surface area contributed by atoms with Crippen molar-refractivity contribution in [1.29, 1.82) is 0 Å². The molecule has 0 fully saturated rings. The normalized spacial score (nSPS) is 16.9. The minimum Gasteiger partial charge on any atom is -0.459 e. The summed E-state index contributed by atoms with van der Waals surface area (Å²) in [7, 11) is 0. The van der Waals surface area contributed by atoms with Gasteiger partial charge in [-0.05, 0) is 138 Å². The maximum Gasteiger partial charge on any atom is 0.142 e. The van der Waals surface area contributed by atoms with E-state index < -0.39 is 10.8 Å². The number of nitrogens with zero attached hydrogens (tertiary/aromatic N) is 1. The molecule has 0 radical (unpaired) electrons. The van der Waals surface area contributed by atoms with E-state index in [1.54, 1.807) is 0 Å². The van der Waals surface area contributed by atoms with Gasteiger partial charge in [-0.2, -0.15) is 0 Å². The summed E-state index contributed by atoms with van der Waals surface area (Å²) < 4.78 is 7.25. The number of benzene rings is 10. The molecule has 2 heteroatoms. The van der Waals surface area contributed by atoms with Crippen molar-refractivity contribution in [2.75, 3.05) is 4.90 Å². The van der Waals surface area contributed by atoms with Crippen LogP contribution in [0.5, 0.6) is 0 Å². The van der Waals surface area contributed by atoms with Gasteiger partial charge >= 0.3 is 0 Å². The first-order chi connectivity index (χ1) is 36.7. The van der Waals surface area contributed by atoms with Gasteiger partial charge in [0.25, 0.3) is 0 Å². The summed E-state index contributed by atoms with van der Waals surface area (Å²) >= 11 is 0. The van der Waals surface area contributed by atoms with Crippen LogP contribution in [0.4, 0.5) is 11.4 Å². The standard InChI is InChI=1S/C72H47NO/c1-2-20-46-44(19-1)39-41-56-55-29-17-28-54(70(55)74-69(46)56)53-26-9-16-37-66(53)73(45-40-42-52-51-25-7-14-34-62(51)72(65(52)43-45)60-32-12-5-23-49(60)50-24-6-13-33-61(50)72)67-38-18-36-64-68(67)57-27-8-15-35-63(57)71(64)58-30-10-3-21-47(58)48-22-4-11-31-59(48)71/h1-15,17-27,29-36,38-43,54H,16,28,37H2. The number of anilines is 2. The molecule has 2 nitrogen and oxygen atoms in total. The molecule has 1 unspecified atom stereocenters. The van der Waals surface area contributed by atoms with Crippen LogP contribution in [-0.4, -0.2) is 0 Å². The first kappa shape index (κ1) is 40.6. The topological polar surface area (TPSA) is 16.4 Å². The Hall–Kier alpha value is -8.98. The van der Waals surface area contributed by atoms with Gasteiger partial charge in [0.2, 0.25) is 0 Å². The predicted octanol–water partition coefficient (Wildman–Crippen LogP) is 18.2. The molecule has 1 aromatic heterocycles. The molecule has 11 aromatic rings. The Labute approximate surface area is 430 Å². The molecule has 6 aliphatic carbocycles. The summed E-state index contributed by atoms with van der Waals surface area (Å²) in [5, 5.41) is 3.54. The predicted molar refractivity (Wildman–Crippen MR) is 303 cm³/mol. The van der Waals surface area contributed by atoms with E-state index in [4.69, 9.17) is 4.42 Å². The van der Waals surface area contributed by atoms with Gasteiger partial charge in [-0.3, -0.25) is 0 Å². The minimum atomic E-state index is -0.489. The molecule has 0 saturated heterocycles. The first-order valence-electron chi connectivity index (χ1n) is 26.4. The van der Waals surface area contributed by atoms with Crippen LogP contribution < -0.4 is 4.90 Å². The third-order valence-electron chi connectivity index (χ3n) is 17.9. The second-order valence-electron chi connectivity index (χ2n) is 21.1. The molecule has 0 aliphatic heterocycles. The summed E-state index contributed by atoms with van der Waals surface area (Å²) in [6.45, 7) is 0. The Morgan fingerprint density at radius 2 is 0.946 bits per heavy atom. The summed E-state index contributed by atoms with van der Waals surface area (Å²) in [5.74, 6) is 1.07. The molecule has 0 N–H and O–H groups in total. The van der Waals surface area contributed by atoms with E-state index in [2.05, 4.69) is 248 Å². The maximum atomic E-state index is 7.25. The van der Waals surface area contributed by atoms with Crippen molar-refractivity contribution in [2.24, 2.45) is 0 Å². The number of allylic oxidation sites excluding steroid dienone is 5. The van der Waals surface area contributed by atoms with Gasteiger partial charge in [0.15, 0.2) is 0 Å². The molecular formula is C72H47NO. The van der Waals surface area contributed by atoms with Crippen molar-refractivity contribution in [3.05, 3.63) is 304 Å². The van der Waals surface area contributed by atoms with E-state index in [9.17, 15) is 0 Å². The third-order valence-corrected chi connectivity index (χ3v) is 17.9. The SMILES string of the molecule is C1=CC(C2CC=Cc3c2oc2c3ccc3ccccc32)=C(N(c2ccc3c(c2)C2(c4ccccc4-c4ccccc42)c2ccccc2-3)c2cccc3c2-c2ccccc2C32c3ccccc3-c3ccccc32)CC1. The molecule has 0 bridgehead atoms. The summed E-state index contributed by atoms with van der Waals surface area (Å²) in [6, 6.07) is 83.0. The number of hydrogen-bond acceptors (Lipinski definition) is 2. The Bertz CT molecular complexity index is 4270. The largest absolute Gasteiger partial charge is 0.459 e. The Balaban J connectivity index is 0.969. The lowest BCUT2D eigenvalue weighted by molar-refractivity contribution is 0.515. The molecule has 6 aliphatic rings. The zero-order valence-electron chi connectivity index (χ0n) is 40.6. The highest BCUT2D eigenvalue weighted by atomic mass is 16.3. The summed E-state index contributed by atoms with van der Waals surface area (Å²) in [5.41, 5.74) is 27.4. The fraction of sp³-hybridized carbons (Fsp3) is 0.0833. The number of rotatable bonds is 4. The van der Waals surface area contributed by atoms with Gasteiger partial charge in [0.05, 0.1) is 16.5 Å². The Kier molecular flexibility index (Phi) is 8.13. The van der Waals surface area contributed by atoms with Crippen LogP contribution in [0.2, 0.25) is 0 Å². The van der Waals surface area contributed by atoms with Crippen LogP contribution >= 0.6 is 0 Å². The van der Waals surface area contributed by atoms with Crippen LogP contribution in [0.3, 0.4) is 0 Å². The van der Waals surface area contributed by atoms with Gasteiger partial charge < -0.3 is 9.32 Å². The highest BCUT2D eigenvalue weighted by molar-refractivity contribution is 6.08. The molecule has 0 amide bonds. The molecule has 1 heterocycles. The third kappa shape index (κ3) is 4.96. The van der Waals surface area contributed by atoms with Crippen molar-refractivity contribution in [3.8, 4) is 44.5 Å². The number of furan rings is 1. The van der Waals surface area contributed by atoms with E-state index in [1.807, 2.05) is 0 Å². The molecular weight excluding hydrogens is 895 g/mol. The number of hydrogen-bond donors (Lipinski definition) is 0. The molecule has 17 rings (SSSR count). The van der Waals surface area contributed by atoms with Crippen molar-refractivity contribution >= 4 is 39.2 Å². The van der Waals surface area contributed by atoms with Crippen molar-refractivity contribution < 1.29 is 4.42 Å². The Morgan fingerprint density at radius 1 is 0.419 bits per heavy atom. The average molecular weight is 942 g/mol. The second-order valence-corrected chi connectivity index (χ2v) is 21.1. The second kappa shape index (κ2) is 14.8. The first-order valence-corrected chi connectivity index (χ1v) is 26.4. The molecule has 0 saturated carbocycles. The van der Waals surface area contributed by atoms with Crippen LogP contribution in [-0.2, 0) is 10.8 Å². The minimum absolute atomic E-state index is 0.0118. The molecule has 2 spiro atoms. The fourth-order valence-electron chi connectivity index (χ4n) is 15.2. The Morgan fingerprint density at radius 3 is 1.58 bits per heavy atom. The molecule has 346 valence electrons. The van der Waals surface area contributed by atoms with Crippen LogP contribution in [0.25, 0.3) is 72.3 Å². The quantitative estimate of drug-likeness (QED) is 0.175. The van der Waals surface area contributed by atoms with Crippen LogP contribution in [0, 0.1) is 0 Å². The van der Waals surface area contributed by atoms with Gasteiger partial charge in [-0.1, -0.05) is 218 Å². The lowest BCUT2D eigenvalue weighted by Crippen LogP contribution is -2.27. The van der Waals surface area contributed by atoms with E-state index in [0.717, 1.165) is 36.0 Å². The van der Waals surface area contributed by atoms with Crippen LogP contribution in [0.1, 0.15) is 81.0 Å². The lowest BCUT2D eigenvalue weighted by Gasteiger charge is -2.36. The zero-order valence-corrected chi connectivity index (χ0v) is 40.6. The molecule has 1 atom stereocenters. The van der Waals surface area contributed by atoms with Crippen molar-refractivity contribution in [3.63, 3.8) is 0 Å². The average Bonchev–Trinajstić information content (AvgIpc) is 4.39. The molecule has 74 heavy (non-hydrogen) atoms. The fourth-order valence-corrected chi connectivity index (χ4v) is 15.2. The summed E-state index contributed by atoms with van der Waals surface area (Å²) in [4.78, 5) is 2.71. The van der Waals surface area contributed by atoms with E-state index in [0.29, 0.717) is 0 Å². The highest BCUT2D eigenvalue weighted by Gasteiger charge is 2.54. The summed E-state index contributed by atoms with van der Waals surface area (Å²) in [6.07, 6.45) is 12.2.